The first-order chi connectivity index (χ1) is 5.40. The van der Waals surface area contributed by atoms with E-state index in [1.165, 1.54) is 32.1 Å². The highest BCUT2D eigenvalue weighted by Gasteiger charge is 2.38. The summed E-state index contributed by atoms with van der Waals surface area (Å²) in [7, 11) is 0. The summed E-state index contributed by atoms with van der Waals surface area (Å²) in [5.41, 5.74) is 0. The van der Waals surface area contributed by atoms with Gasteiger partial charge < -0.3 is 0 Å². The Balaban J connectivity index is 2.08. The maximum atomic E-state index is 3.90. The van der Waals surface area contributed by atoms with Crippen LogP contribution in [-0.4, -0.2) is 12.9 Å². The molecule has 2 aliphatic carbocycles. The molecule has 3 unspecified atom stereocenters. The van der Waals surface area contributed by atoms with Crippen molar-refractivity contribution in [2.24, 2.45) is 17.8 Å². The van der Waals surface area contributed by atoms with Crippen LogP contribution in [0.1, 0.15) is 32.1 Å². The quantitative estimate of drug-likeness (QED) is 0.398. The first-order valence-corrected chi connectivity index (χ1v) is 4.69. The van der Waals surface area contributed by atoms with Crippen molar-refractivity contribution in [2.45, 2.75) is 32.1 Å². The second-order valence-corrected chi connectivity index (χ2v) is 4.02. The van der Waals surface area contributed by atoms with Crippen LogP contribution in [-0.2, 0) is 0 Å². The summed E-state index contributed by atoms with van der Waals surface area (Å²) < 4.78 is 3.90. The van der Waals surface area contributed by atoms with Gasteiger partial charge >= 0.3 is 0 Å². The van der Waals surface area contributed by atoms with E-state index in [0.29, 0.717) is 0 Å². The Hall–Kier alpha value is -0.550. The Morgan fingerprint density at radius 2 is 2.18 bits per heavy atom. The molecule has 1 nitrogen and oxygen atoms in total. The SMILES string of the molecule is C=[N+]=CC1CC2CCCC1C2. The lowest BCUT2D eigenvalue weighted by atomic mass is 9.87. The van der Waals surface area contributed by atoms with Crippen LogP contribution in [0, 0.1) is 17.8 Å². The van der Waals surface area contributed by atoms with Gasteiger partial charge in [-0.05, 0) is 31.1 Å². The van der Waals surface area contributed by atoms with Gasteiger partial charge in [0.25, 0.3) is 12.9 Å². The van der Waals surface area contributed by atoms with E-state index >= 15 is 0 Å². The largest absolute Gasteiger partial charge is 0.271 e. The molecule has 0 radical (unpaired) electrons. The molecule has 0 amide bonds. The van der Waals surface area contributed by atoms with E-state index in [0.717, 1.165) is 17.8 Å². The van der Waals surface area contributed by atoms with Crippen molar-refractivity contribution in [1.29, 1.82) is 0 Å². The molecular weight excluding hydrogens is 134 g/mol. The minimum atomic E-state index is 0.778. The molecule has 0 aromatic rings. The highest BCUT2D eigenvalue weighted by atomic mass is 14.5. The van der Waals surface area contributed by atoms with Crippen LogP contribution < -0.4 is 4.67 Å². The zero-order chi connectivity index (χ0) is 7.68. The van der Waals surface area contributed by atoms with E-state index in [4.69, 9.17) is 0 Å². The lowest BCUT2D eigenvalue weighted by Crippen LogP contribution is -2.10. The Kier molecular flexibility index (Phi) is 1.83. The number of hydrogen-bond donors (Lipinski definition) is 0. The monoisotopic (exact) mass is 150 g/mol. The van der Waals surface area contributed by atoms with Crippen LogP contribution in [0.4, 0.5) is 0 Å². The van der Waals surface area contributed by atoms with Crippen molar-refractivity contribution < 1.29 is 0 Å². The molecule has 0 saturated heterocycles. The van der Waals surface area contributed by atoms with Crippen molar-refractivity contribution in [3.05, 3.63) is 0 Å². The smallest absolute Gasteiger partial charge is 0.114 e. The van der Waals surface area contributed by atoms with Gasteiger partial charge in [0.1, 0.15) is 0 Å². The predicted molar refractivity (Wildman–Crippen MR) is 48.9 cm³/mol. The molecule has 0 aromatic heterocycles. The summed E-state index contributed by atoms with van der Waals surface area (Å²) in [6.07, 6.45) is 9.30. The van der Waals surface area contributed by atoms with Crippen LogP contribution in [0.25, 0.3) is 0 Å². The van der Waals surface area contributed by atoms with Crippen molar-refractivity contribution >= 4 is 12.9 Å². The van der Waals surface area contributed by atoms with Crippen LogP contribution in [0.2, 0.25) is 0 Å². The lowest BCUT2D eigenvalue weighted by Gasteiger charge is -2.17. The first-order valence-electron chi connectivity index (χ1n) is 4.69. The minimum Gasteiger partial charge on any atom is -0.114 e. The number of hydrogen-bond acceptors (Lipinski definition) is 0. The zero-order valence-corrected chi connectivity index (χ0v) is 7.00. The molecule has 0 aliphatic heterocycles. The number of fused-ring (bicyclic) bond motifs is 2. The Bertz CT molecular complexity index is 191. The van der Waals surface area contributed by atoms with Gasteiger partial charge in [-0.2, -0.15) is 0 Å². The van der Waals surface area contributed by atoms with Gasteiger partial charge in [-0.15, -0.1) is 4.67 Å². The van der Waals surface area contributed by atoms with Crippen LogP contribution in [0.3, 0.4) is 0 Å². The van der Waals surface area contributed by atoms with Crippen molar-refractivity contribution in [3.8, 4) is 0 Å². The van der Waals surface area contributed by atoms with Gasteiger partial charge in [-0.1, -0.05) is 12.8 Å². The molecule has 0 spiro atoms. The average molecular weight is 150 g/mol. The topological polar surface area (TPSA) is 14.1 Å². The van der Waals surface area contributed by atoms with E-state index in [2.05, 4.69) is 17.6 Å². The third kappa shape index (κ3) is 1.25. The summed E-state index contributed by atoms with van der Waals surface area (Å²) in [5, 5.41) is 0. The van der Waals surface area contributed by atoms with Crippen LogP contribution in [0.15, 0.2) is 0 Å². The zero-order valence-electron chi connectivity index (χ0n) is 7.00. The maximum absolute atomic E-state index is 3.90. The maximum Gasteiger partial charge on any atom is 0.271 e. The molecule has 0 N–H and O–H groups in total. The second-order valence-electron chi connectivity index (χ2n) is 4.02. The van der Waals surface area contributed by atoms with Crippen LogP contribution >= 0.6 is 0 Å². The molecule has 0 heterocycles. The highest BCUT2D eigenvalue weighted by molar-refractivity contribution is 5.62. The van der Waals surface area contributed by atoms with Crippen molar-refractivity contribution in [1.82, 2.24) is 4.67 Å². The van der Waals surface area contributed by atoms with Crippen LogP contribution in [0.5, 0.6) is 0 Å². The summed E-state index contributed by atoms with van der Waals surface area (Å²) in [6.45, 7) is 3.53. The molecule has 0 aromatic carbocycles. The Morgan fingerprint density at radius 3 is 2.91 bits per heavy atom. The van der Waals surface area contributed by atoms with Gasteiger partial charge in [0.05, 0.1) is 5.92 Å². The fourth-order valence-electron chi connectivity index (χ4n) is 2.83. The molecular formula is C10H16N+. The van der Waals surface area contributed by atoms with E-state index in [1.54, 1.807) is 0 Å². The molecule has 2 aliphatic rings. The average Bonchev–Trinajstić information content (AvgIpc) is 2.29. The normalized spacial score (nSPS) is 41.6. The Labute approximate surface area is 68.3 Å². The third-order valence-electron chi connectivity index (χ3n) is 3.33. The predicted octanol–water partition coefficient (Wildman–Crippen LogP) is 1.65. The molecule has 2 rings (SSSR count). The first kappa shape index (κ1) is 7.12. The number of rotatable bonds is 1. The molecule has 3 atom stereocenters. The van der Waals surface area contributed by atoms with Gasteiger partial charge in [0.2, 0.25) is 0 Å². The van der Waals surface area contributed by atoms with E-state index < -0.39 is 0 Å². The van der Waals surface area contributed by atoms with Crippen molar-refractivity contribution in [3.63, 3.8) is 0 Å². The van der Waals surface area contributed by atoms with E-state index in [9.17, 15) is 0 Å². The summed E-state index contributed by atoms with van der Waals surface area (Å²) in [4.78, 5) is 0. The molecule has 11 heavy (non-hydrogen) atoms. The van der Waals surface area contributed by atoms with E-state index in [1.807, 2.05) is 0 Å². The molecule has 2 bridgehead atoms. The summed E-state index contributed by atoms with van der Waals surface area (Å²) in [5.74, 6) is 2.76. The van der Waals surface area contributed by atoms with Crippen molar-refractivity contribution in [2.75, 3.05) is 0 Å². The fraction of sp³-hybridized carbons (Fsp3) is 0.800. The van der Waals surface area contributed by atoms with Gasteiger partial charge in [-0.3, -0.25) is 0 Å². The summed E-state index contributed by atoms with van der Waals surface area (Å²) in [6, 6.07) is 0. The van der Waals surface area contributed by atoms with Gasteiger partial charge in [-0.25, -0.2) is 0 Å². The fourth-order valence-corrected chi connectivity index (χ4v) is 2.83. The van der Waals surface area contributed by atoms with Gasteiger partial charge in [0, 0.05) is 0 Å². The molecule has 1 heteroatoms. The minimum absolute atomic E-state index is 0.778. The second kappa shape index (κ2) is 2.83. The Morgan fingerprint density at radius 1 is 1.27 bits per heavy atom. The standard InChI is InChI=1S/C10H16N/c1-11-7-10-6-8-3-2-4-9(10)5-8/h7-10H,1-6H2/q+1. The van der Waals surface area contributed by atoms with Gasteiger partial charge in [0.15, 0.2) is 0 Å². The molecule has 2 saturated carbocycles. The van der Waals surface area contributed by atoms with E-state index in [-0.39, 0.29) is 0 Å². The molecule has 60 valence electrons. The third-order valence-corrected chi connectivity index (χ3v) is 3.33. The highest BCUT2D eigenvalue weighted by Crippen LogP contribution is 2.44. The summed E-state index contributed by atoms with van der Waals surface area (Å²) >= 11 is 0. The lowest BCUT2D eigenvalue weighted by molar-refractivity contribution is 0.350. The molecule has 2 fully saturated rings. The number of nitrogens with zero attached hydrogens (tertiary/aromatic N) is 1.